The third kappa shape index (κ3) is 3.45. The minimum atomic E-state index is -0.635. The van der Waals surface area contributed by atoms with Gasteiger partial charge in [0.05, 0.1) is 33.5 Å². The van der Waals surface area contributed by atoms with Crippen LogP contribution in [0.2, 0.25) is 0 Å². The maximum Gasteiger partial charge on any atom is 0.141 e. The number of hydrogen-bond donors (Lipinski definition) is 1. The van der Waals surface area contributed by atoms with Crippen molar-refractivity contribution in [3.63, 3.8) is 0 Å². The highest BCUT2D eigenvalue weighted by Gasteiger charge is 2.41. The molecular formula is C28H28N6O. The Hall–Kier alpha value is -3.87. The van der Waals surface area contributed by atoms with Crippen LogP contribution < -0.4 is 0 Å². The highest BCUT2D eigenvalue weighted by molar-refractivity contribution is 5.88. The molecule has 5 aromatic rings. The summed E-state index contributed by atoms with van der Waals surface area (Å²) >= 11 is 0. The third-order valence-corrected chi connectivity index (χ3v) is 7.22. The van der Waals surface area contributed by atoms with Gasteiger partial charge in [0.25, 0.3) is 0 Å². The summed E-state index contributed by atoms with van der Waals surface area (Å²) in [5, 5.41) is 13.1. The van der Waals surface area contributed by atoms with Gasteiger partial charge in [-0.2, -0.15) is 10.2 Å². The molecule has 0 bridgehead atoms. The summed E-state index contributed by atoms with van der Waals surface area (Å²) in [7, 11) is 0. The van der Waals surface area contributed by atoms with E-state index in [0.29, 0.717) is 5.92 Å². The van der Waals surface area contributed by atoms with Crippen LogP contribution in [0.25, 0.3) is 22.2 Å². The summed E-state index contributed by atoms with van der Waals surface area (Å²) in [6.45, 7) is 8.15. The van der Waals surface area contributed by atoms with E-state index in [1.54, 1.807) is 6.20 Å². The normalized spacial score (nSPS) is 15.4. The first-order valence-electron chi connectivity index (χ1n) is 12.2. The van der Waals surface area contributed by atoms with Crippen molar-refractivity contribution in [1.82, 2.24) is 30.3 Å². The van der Waals surface area contributed by atoms with Gasteiger partial charge in [0.15, 0.2) is 0 Å². The average Bonchev–Trinajstić information content (AvgIpc) is 3.54. The lowest BCUT2D eigenvalue weighted by Crippen LogP contribution is -2.32. The number of nitrogens with one attached hydrogen (secondary N) is 1. The van der Waals surface area contributed by atoms with E-state index < -0.39 is 5.41 Å². The first-order chi connectivity index (χ1) is 17.0. The van der Waals surface area contributed by atoms with E-state index in [2.05, 4.69) is 51.5 Å². The van der Waals surface area contributed by atoms with Crippen LogP contribution in [0.1, 0.15) is 72.0 Å². The lowest BCUT2D eigenvalue weighted by Gasteiger charge is -2.33. The number of benzene rings is 1. The fourth-order valence-corrected chi connectivity index (χ4v) is 5.32. The fraction of sp³-hybridized carbons (Fsp3) is 0.321. The van der Waals surface area contributed by atoms with Gasteiger partial charge in [-0.1, -0.05) is 18.1 Å². The topological polar surface area (TPSA) is 93.4 Å². The number of nitrogens with zero attached hydrogens (tertiary/aromatic N) is 5. The second-order valence-corrected chi connectivity index (χ2v) is 9.55. The predicted molar refractivity (Wildman–Crippen MR) is 134 cm³/mol. The molecule has 1 aliphatic rings. The first kappa shape index (κ1) is 21.6. The van der Waals surface area contributed by atoms with Crippen molar-refractivity contribution in [3.8, 4) is 11.1 Å². The van der Waals surface area contributed by atoms with E-state index in [0.717, 1.165) is 68.5 Å². The highest BCUT2D eigenvalue weighted by atomic mass is 16.5. The summed E-state index contributed by atoms with van der Waals surface area (Å²) < 4.78 is 5.54. The SMILES string of the molecule is CCC(c1cccnn1)(c1cccc(C)n1)c1cc(-c2c(C)noc2C)cc2[nH]c(C3CC3)nc12. The number of hydrogen-bond acceptors (Lipinski definition) is 6. The van der Waals surface area contributed by atoms with Gasteiger partial charge in [-0.15, -0.1) is 0 Å². The second kappa shape index (κ2) is 8.12. The van der Waals surface area contributed by atoms with Crippen molar-refractivity contribution in [1.29, 1.82) is 0 Å². The van der Waals surface area contributed by atoms with Crippen molar-refractivity contribution in [2.24, 2.45) is 0 Å². The number of aromatic nitrogens is 6. The maximum absolute atomic E-state index is 5.54. The molecule has 1 saturated carbocycles. The molecule has 4 aromatic heterocycles. The van der Waals surface area contributed by atoms with Gasteiger partial charge in [-0.25, -0.2) is 4.98 Å². The van der Waals surface area contributed by atoms with Gasteiger partial charge in [0.2, 0.25) is 0 Å². The Morgan fingerprint density at radius 1 is 1.03 bits per heavy atom. The zero-order chi connectivity index (χ0) is 24.2. The zero-order valence-corrected chi connectivity index (χ0v) is 20.5. The van der Waals surface area contributed by atoms with Crippen LogP contribution in [-0.2, 0) is 5.41 Å². The molecule has 1 unspecified atom stereocenters. The second-order valence-electron chi connectivity index (χ2n) is 9.55. The Balaban J connectivity index is 1.73. The first-order valence-corrected chi connectivity index (χ1v) is 12.2. The summed E-state index contributed by atoms with van der Waals surface area (Å²) in [5.74, 6) is 2.35. The molecule has 4 heterocycles. The average molecular weight is 465 g/mol. The summed E-state index contributed by atoms with van der Waals surface area (Å²) in [5.41, 5.74) is 8.07. The number of rotatable bonds is 6. The lowest BCUT2D eigenvalue weighted by atomic mass is 9.71. The van der Waals surface area contributed by atoms with Crippen LogP contribution in [0.5, 0.6) is 0 Å². The van der Waals surface area contributed by atoms with Crippen molar-refractivity contribution in [2.75, 3.05) is 0 Å². The van der Waals surface area contributed by atoms with Crippen LogP contribution in [0.15, 0.2) is 53.2 Å². The smallest absolute Gasteiger partial charge is 0.141 e. The molecule has 0 saturated heterocycles. The standard InChI is InChI=1S/C28H28N6O/c1-5-28(24-10-7-13-29-33-24,23-9-6-8-16(2)30-23)21-14-20(25-17(3)34-35-18(25)4)15-22-26(21)32-27(31-22)19-11-12-19/h6-10,13-15,19H,5,11-12H2,1-4H3,(H,31,32). The molecule has 176 valence electrons. The lowest BCUT2D eigenvalue weighted by molar-refractivity contribution is 0.393. The van der Waals surface area contributed by atoms with Gasteiger partial charge in [0.1, 0.15) is 11.6 Å². The Morgan fingerprint density at radius 3 is 2.51 bits per heavy atom. The van der Waals surface area contributed by atoms with E-state index in [9.17, 15) is 0 Å². The molecule has 1 aromatic carbocycles. The quantitative estimate of drug-likeness (QED) is 0.334. The van der Waals surface area contributed by atoms with Crippen LogP contribution in [-0.4, -0.2) is 30.3 Å². The van der Waals surface area contributed by atoms with Crippen molar-refractivity contribution >= 4 is 11.0 Å². The van der Waals surface area contributed by atoms with Gasteiger partial charge in [-0.3, -0.25) is 4.98 Å². The number of pyridine rings is 1. The van der Waals surface area contributed by atoms with Crippen LogP contribution >= 0.6 is 0 Å². The Bertz CT molecular complexity index is 1510. The third-order valence-electron chi connectivity index (χ3n) is 7.22. The van der Waals surface area contributed by atoms with Crippen LogP contribution in [0, 0.1) is 20.8 Å². The van der Waals surface area contributed by atoms with Crippen molar-refractivity contribution in [3.05, 3.63) is 88.6 Å². The molecule has 0 radical (unpaired) electrons. The maximum atomic E-state index is 5.54. The van der Waals surface area contributed by atoms with E-state index in [4.69, 9.17) is 14.5 Å². The molecule has 0 spiro atoms. The minimum Gasteiger partial charge on any atom is -0.361 e. The largest absolute Gasteiger partial charge is 0.361 e. The minimum absolute atomic E-state index is 0.502. The molecule has 35 heavy (non-hydrogen) atoms. The van der Waals surface area contributed by atoms with Crippen molar-refractivity contribution in [2.45, 2.75) is 58.3 Å². The zero-order valence-electron chi connectivity index (χ0n) is 20.5. The van der Waals surface area contributed by atoms with E-state index in [1.807, 2.05) is 39.0 Å². The number of fused-ring (bicyclic) bond motifs is 1. The van der Waals surface area contributed by atoms with Crippen LogP contribution in [0.3, 0.4) is 0 Å². The molecule has 1 atom stereocenters. The van der Waals surface area contributed by atoms with E-state index in [-0.39, 0.29) is 0 Å². The Morgan fingerprint density at radius 2 is 1.86 bits per heavy atom. The summed E-state index contributed by atoms with van der Waals surface area (Å²) in [6.07, 6.45) is 4.81. The Kier molecular flexibility index (Phi) is 5.02. The predicted octanol–water partition coefficient (Wildman–Crippen LogP) is 5.95. The molecular weight excluding hydrogens is 436 g/mol. The highest BCUT2D eigenvalue weighted by Crippen LogP contribution is 2.46. The van der Waals surface area contributed by atoms with Gasteiger partial charge in [0, 0.05) is 23.4 Å². The van der Waals surface area contributed by atoms with E-state index >= 15 is 0 Å². The molecule has 1 N–H and O–H groups in total. The van der Waals surface area contributed by atoms with Gasteiger partial charge < -0.3 is 9.51 Å². The molecule has 0 amide bonds. The molecule has 1 aliphatic carbocycles. The monoisotopic (exact) mass is 464 g/mol. The van der Waals surface area contributed by atoms with Crippen molar-refractivity contribution < 1.29 is 4.52 Å². The van der Waals surface area contributed by atoms with E-state index in [1.165, 1.54) is 12.8 Å². The van der Waals surface area contributed by atoms with Gasteiger partial charge in [-0.05, 0) is 87.6 Å². The fourth-order valence-electron chi connectivity index (χ4n) is 5.32. The molecule has 7 heteroatoms. The molecule has 6 rings (SSSR count). The summed E-state index contributed by atoms with van der Waals surface area (Å²) in [6, 6.07) is 14.6. The molecule has 7 nitrogen and oxygen atoms in total. The molecule has 1 fully saturated rings. The Labute approximate surface area is 204 Å². The summed E-state index contributed by atoms with van der Waals surface area (Å²) in [4.78, 5) is 13.8. The number of aromatic amines is 1. The number of H-pyrrole nitrogens is 1. The number of imidazole rings is 1. The van der Waals surface area contributed by atoms with Crippen LogP contribution in [0.4, 0.5) is 0 Å². The molecule has 0 aliphatic heterocycles. The van der Waals surface area contributed by atoms with Gasteiger partial charge >= 0.3 is 0 Å². The number of aryl methyl sites for hydroxylation is 3.